The first-order valence-electron chi connectivity index (χ1n) is 6.82. The first kappa shape index (κ1) is 16.0. The number of aliphatic imine (C=N–C) groups is 1. The molecule has 22 heavy (non-hydrogen) atoms. The van der Waals surface area contributed by atoms with Crippen molar-refractivity contribution in [3.05, 3.63) is 64.7 Å². The summed E-state index contributed by atoms with van der Waals surface area (Å²) in [5, 5.41) is 2.26. The highest BCUT2D eigenvalue weighted by molar-refractivity contribution is 7.78. The van der Waals surface area contributed by atoms with E-state index >= 15 is 0 Å². The van der Waals surface area contributed by atoms with Crippen LogP contribution in [0, 0.1) is 23.5 Å². The molecule has 0 saturated carbocycles. The van der Waals surface area contributed by atoms with Crippen LogP contribution in [0.4, 0.5) is 14.5 Å². The minimum absolute atomic E-state index is 0.208. The van der Waals surface area contributed by atoms with Gasteiger partial charge in [0.1, 0.15) is 11.6 Å². The maximum atomic E-state index is 13.9. The van der Waals surface area contributed by atoms with Gasteiger partial charge in [0.25, 0.3) is 0 Å². The third-order valence-electron chi connectivity index (χ3n) is 3.01. The van der Waals surface area contributed by atoms with Crippen LogP contribution < -0.4 is 0 Å². The van der Waals surface area contributed by atoms with Crippen molar-refractivity contribution in [2.45, 2.75) is 19.8 Å². The van der Waals surface area contributed by atoms with Gasteiger partial charge in [0.2, 0.25) is 0 Å². The normalized spacial score (nSPS) is 9.59. The fourth-order valence-electron chi connectivity index (χ4n) is 1.98. The summed E-state index contributed by atoms with van der Waals surface area (Å²) in [5.74, 6) is 4.04. The van der Waals surface area contributed by atoms with Crippen molar-refractivity contribution in [1.29, 1.82) is 0 Å². The molecule has 110 valence electrons. The van der Waals surface area contributed by atoms with Gasteiger partial charge in [-0.15, -0.1) is 0 Å². The summed E-state index contributed by atoms with van der Waals surface area (Å²) in [4.78, 5) is 3.82. The Labute approximate surface area is 133 Å². The van der Waals surface area contributed by atoms with Gasteiger partial charge in [-0.3, -0.25) is 0 Å². The number of thiocarbonyl (C=S) groups is 1. The molecule has 0 aliphatic carbocycles. The lowest BCUT2D eigenvalue weighted by atomic mass is 10.1. The van der Waals surface area contributed by atoms with E-state index in [0.29, 0.717) is 23.2 Å². The summed E-state index contributed by atoms with van der Waals surface area (Å²) in [6.07, 6.45) is 1.48. The van der Waals surface area contributed by atoms with Gasteiger partial charge in [-0.05, 0) is 60.6 Å². The molecule has 0 N–H and O–H groups in total. The summed E-state index contributed by atoms with van der Waals surface area (Å²) < 4.78 is 27.8. The van der Waals surface area contributed by atoms with E-state index in [4.69, 9.17) is 0 Å². The second kappa shape index (κ2) is 7.61. The second-order valence-electron chi connectivity index (χ2n) is 4.68. The van der Waals surface area contributed by atoms with Crippen LogP contribution in [-0.2, 0) is 6.42 Å². The number of nitrogens with zero attached hydrogens (tertiary/aromatic N) is 1. The Morgan fingerprint density at radius 1 is 1.05 bits per heavy atom. The SMILES string of the molecule is CCCc1cc(F)c(C#Cc2ccc(N=C=S)cc2)c(F)c1. The molecule has 4 heteroatoms. The van der Waals surface area contributed by atoms with Crippen LogP contribution in [0.2, 0.25) is 0 Å². The van der Waals surface area contributed by atoms with Crippen molar-refractivity contribution < 1.29 is 8.78 Å². The molecule has 0 amide bonds. The van der Waals surface area contributed by atoms with E-state index in [9.17, 15) is 8.78 Å². The highest BCUT2D eigenvalue weighted by atomic mass is 32.1. The smallest absolute Gasteiger partial charge is 0.142 e. The van der Waals surface area contributed by atoms with Gasteiger partial charge in [0.15, 0.2) is 0 Å². The lowest BCUT2D eigenvalue weighted by molar-refractivity contribution is 0.573. The van der Waals surface area contributed by atoms with Crippen LogP contribution >= 0.6 is 12.2 Å². The zero-order chi connectivity index (χ0) is 15.9. The van der Waals surface area contributed by atoms with Gasteiger partial charge in [-0.25, -0.2) is 8.78 Å². The zero-order valence-corrected chi connectivity index (χ0v) is 12.8. The van der Waals surface area contributed by atoms with E-state index in [0.717, 1.165) is 6.42 Å². The topological polar surface area (TPSA) is 12.4 Å². The number of aryl methyl sites for hydroxylation is 1. The predicted molar refractivity (Wildman–Crippen MR) is 87.5 cm³/mol. The summed E-state index contributed by atoms with van der Waals surface area (Å²) in [6, 6.07) is 9.52. The summed E-state index contributed by atoms with van der Waals surface area (Å²) in [6.45, 7) is 1.96. The molecule has 0 atom stereocenters. The Balaban J connectivity index is 2.29. The molecule has 0 saturated heterocycles. The quantitative estimate of drug-likeness (QED) is 0.439. The van der Waals surface area contributed by atoms with E-state index in [1.807, 2.05) is 6.92 Å². The largest absolute Gasteiger partial charge is 0.206 e. The molecule has 2 aromatic carbocycles. The Bertz CT molecular complexity index is 756. The average Bonchev–Trinajstić information content (AvgIpc) is 2.49. The van der Waals surface area contributed by atoms with Gasteiger partial charge in [0.05, 0.1) is 16.4 Å². The first-order valence-corrected chi connectivity index (χ1v) is 7.22. The Morgan fingerprint density at radius 3 is 2.23 bits per heavy atom. The molecule has 0 unspecified atom stereocenters. The van der Waals surface area contributed by atoms with E-state index in [2.05, 4.69) is 34.2 Å². The van der Waals surface area contributed by atoms with E-state index < -0.39 is 11.6 Å². The number of isothiocyanates is 1. The first-order chi connectivity index (χ1) is 10.6. The Kier molecular flexibility index (Phi) is 5.55. The number of hydrogen-bond acceptors (Lipinski definition) is 2. The average molecular weight is 313 g/mol. The minimum atomic E-state index is -0.627. The van der Waals surface area contributed by atoms with Crippen LogP contribution in [0.15, 0.2) is 41.4 Å². The predicted octanol–water partition coefficient (Wildman–Crippen LogP) is 5.05. The van der Waals surface area contributed by atoms with E-state index in [1.54, 1.807) is 24.3 Å². The summed E-state index contributed by atoms with van der Waals surface area (Å²) in [5.41, 5.74) is 1.73. The maximum Gasteiger partial charge on any atom is 0.142 e. The van der Waals surface area contributed by atoms with Gasteiger partial charge in [0, 0.05) is 5.56 Å². The maximum absolute atomic E-state index is 13.9. The number of hydrogen-bond donors (Lipinski definition) is 0. The molecular formula is C18H13F2NS. The van der Waals surface area contributed by atoms with Crippen molar-refractivity contribution in [1.82, 2.24) is 0 Å². The molecule has 0 aliphatic heterocycles. The molecule has 2 aromatic rings. The molecule has 0 aromatic heterocycles. The molecule has 1 nitrogen and oxygen atoms in total. The van der Waals surface area contributed by atoms with Crippen molar-refractivity contribution in [3.63, 3.8) is 0 Å². The molecule has 0 heterocycles. The second-order valence-corrected chi connectivity index (χ2v) is 4.87. The lowest BCUT2D eigenvalue weighted by Crippen LogP contribution is -1.94. The van der Waals surface area contributed by atoms with E-state index in [-0.39, 0.29) is 5.56 Å². The monoisotopic (exact) mass is 313 g/mol. The molecule has 0 radical (unpaired) electrons. The summed E-state index contributed by atoms with van der Waals surface area (Å²) in [7, 11) is 0. The minimum Gasteiger partial charge on any atom is -0.206 e. The zero-order valence-electron chi connectivity index (χ0n) is 12.0. The molecular weight excluding hydrogens is 300 g/mol. The molecule has 0 fully saturated rings. The third kappa shape index (κ3) is 4.08. The molecule has 0 aliphatic rings. The highest BCUT2D eigenvalue weighted by Gasteiger charge is 2.08. The van der Waals surface area contributed by atoms with Gasteiger partial charge >= 0.3 is 0 Å². The molecule has 0 spiro atoms. The number of halogens is 2. The molecule has 0 bridgehead atoms. The van der Waals surface area contributed by atoms with Crippen LogP contribution in [0.25, 0.3) is 0 Å². The van der Waals surface area contributed by atoms with Crippen LogP contribution in [-0.4, -0.2) is 5.16 Å². The van der Waals surface area contributed by atoms with E-state index in [1.165, 1.54) is 12.1 Å². The third-order valence-corrected chi connectivity index (χ3v) is 3.11. The van der Waals surface area contributed by atoms with Gasteiger partial charge in [-0.1, -0.05) is 25.2 Å². The van der Waals surface area contributed by atoms with Crippen LogP contribution in [0.3, 0.4) is 0 Å². The lowest BCUT2D eigenvalue weighted by Gasteiger charge is -2.02. The Hall–Kier alpha value is -2.34. The summed E-state index contributed by atoms with van der Waals surface area (Å²) >= 11 is 4.51. The highest BCUT2D eigenvalue weighted by Crippen LogP contribution is 2.16. The fraction of sp³-hybridized carbons (Fsp3) is 0.167. The van der Waals surface area contributed by atoms with Crippen molar-refractivity contribution in [2.24, 2.45) is 4.99 Å². The number of benzene rings is 2. The van der Waals surface area contributed by atoms with Crippen molar-refractivity contribution >= 4 is 23.1 Å². The van der Waals surface area contributed by atoms with Crippen molar-refractivity contribution in [3.8, 4) is 11.8 Å². The number of rotatable bonds is 3. The van der Waals surface area contributed by atoms with Gasteiger partial charge < -0.3 is 0 Å². The van der Waals surface area contributed by atoms with Crippen molar-refractivity contribution in [2.75, 3.05) is 0 Å². The van der Waals surface area contributed by atoms with Crippen LogP contribution in [0.1, 0.15) is 30.0 Å². The fourth-order valence-corrected chi connectivity index (χ4v) is 2.09. The Morgan fingerprint density at radius 2 is 1.68 bits per heavy atom. The standard InChI is InChI=1S/C18H13F2NS/c1-2-3-14-10-17(19)16(18(20)11-14)9-6-13-4-7-15(8-5-13)21-12-22/h4-5,7-8,10-11H,2-3H2,1H3. The molecule has 2 rings (SSSR count). The van der Waals surface area contributed by atoms with Crippen LogP contribution in [0.5, 0.6) is 0 Å². The van der Waals surface area contributed by atoms with Gasteiger partial charge in [-0.2, -0.15) is 4.99 Å².